The lowest BCUT2D eigenvalue weighted by Gasteiger charge is -2.31. The Morgan fingerprint density at radius 1 is 1.41 bits per heavy atom. The SMILES string of the molecule is CNCC(=O)NC(CO)C(=O)N1CCC2C1[C@@H](c1c[nH]c3cc(F)ccc13)CN2S(C)=O. The lowest BCUT2D eigenvalue weighted by Crippen LogP contribution is -2.54. The van der Waals surface area contributed by atoms with E-state index in [1.807, 2.05) is 10.5 Å². The van der Waals surface area contributed by atoms with E-state index in [2.05, 4.69) is 15.6 Å². The van der Waals surface area contributed by atoms with Crippen LogP contribution in [0.1, 0.15) is 17.9 Å². The number of likely N-dealkylation sites (N-methyl/N-ethyl adjacent to an activating group) is 1. The number of rotatable bonds is 7. The van der Waals surface area contributed by atoms with Gasteiger partial charge in [0.1, 0.15) is 11.9 Å². The van der Waals surface area contributed by atoms with Crippen LogP contribution in [0.15, 0.2) is 24.4 Å². The van der Waals surface area contributed by atoms with E-state index in [1.54, 1.807) is 24.3 Å². The van der Waals surface area contributed by atoms with Crippen LogP contribution < -0.4 is 10.6 Å². The highest BCUT2D eigenvalue weighted by Crippen LogP contribution is 2.43. The molecule has 0 saturated carbocycles. The van der Waals surface area contributed by atoms with Crippen LogP contribution in [0.2, 0.25) is 0 Å². The Labute approximate surface area is 187 Å². The number of benzene rings is 1. The van der Waals surface area contributed by atoms with Crippen LogP contribution in [0, 0.1) is 5.82 Å². The van der Waals surface area contributed by atoms with Gasteiger partial charge in [0.15, 0.2) is 0 Å². The molecule has 174 valence electrons. The summed E-state index contributed by atoms with van der Waals surface area (Å²) >= 11 is 0. The van der Waals surface area contributed by atoms with Crippen molar-refractivity contribution in [1.29, 1.82) is 0 Å². The Hall–Kier alpha value is -2.34. The molecule has 4 unspecified atom stereocenters. The van der Waals surface area contributed by atoms with E-state index in [0.717, 1.165) is 10.9 Å². The Kier molecular flexibility index (Phi) is 6.61. The van der Waals surface area contributed by atoms with Crippen LogP contribution in [0.3, 0.4) is 0 Å². The zero-order valence-electron chi connectivity index (χ0n) is 18.0. The molecule has 5 atom stereocenters. The van der Waals surface area contributed by atoms with Gasteiger partial charge in [-0.1, -0.05) is 0 Å². The van der Waals surface area contributed by atoms with Crippen molar-refractivity contribution in [3.05, 3.63) is 35.8 Å². The van der Waals surface area contributed by atoms with Gasteiger partial charge in [-0.2, -0.15) is 0 Å². The number of halogens is 1. The molecule has 2 aliphatic rings. The highest BCUT2D eigenvalue weighted by molar-refractivity contribution is 7.81. The number of fused-ring (bicyclic) bond motifs is 2. The lowest BCUT2D eigenvalue weighted by atomic mass is 9.91. The molecule has 3 heterocycles. The first kappa shape index (κ1) is 22.8. The van der Waals surface area contributed by atoms with E-state index < -0.39 is 23.6 Å². The van der Waals surface area contributed by atoms with Gasteiger partial charge in [-0.3, -0.25) is 9.59 Å². The number of aliphatic hydroxyl groups excluding tert-OH is 1. The molecule has 0 radical (unpaired) electrons. The maximum atomic E-state index is 13.7. The van der Waals surface area contributed by atoms with Gasteiger partial charge in [0.05, 0.1) is 30.2 Å². The molecule has 2 saturated heterocycles. The number of H-pyrrole nitrogens is 1. The second-order valence-corrected chi connectivity index (χ2v) is 9.59. The predicted octanol–water partition coefficient (Wildman–Crippen LogP) is -0.334. The van der Waals surface area contributed by atoms with Gasteiger partial charge < -0.3 is 25.6 Å². The molecule has 9 nitrogen and oxygen atoms in total. The molecule has 1 aromatic carbocycles. The molecule has 32 heavy (non-hydrogen) atoms. The Balaban J connectivity index is 1.66. The van der Waals surface area contributed by atoms with Gasteiger partial charge >= 0.3 is 0 Å². The number of hydrogen-bond donors (Lipinski definition) is 4. The van der Waals surface area contributed by atoms with Crippen molar-refractivity contribution in [2.45, 2.75) is 30.5 Å². The van der Waals surface area contributed by atoms with Crippen molar-refractivity contribution in [2.24, 2.45) is 0 Å². The third-order valence-electron chi connectivity index (χ3n) is 6.42. The van der Waals surface area contributed by atoms with E-state index in [9.17, 15) is 23.3 Å². The number of nitrogens with zero attached hydrogens (tertiary/aromatic N) is 2. The summed E-state index contributed by atoms with van der Waals surface area (Å²) in [6.45, 7) is 0.450. The smallest absolute Gasteiger partial charge is 0.247 e. The Bertz CT molecular complexity index is 1050. The predicted molar refractivity (Wildman–Crippen MR) is 119 cm³/mol. The van der Waals surface area contributed by atoms with Crippen molar-refractivity contribution in [3.8, 4) is 0 Å². The fraction of sp³-hybridized carbons (Fsp3) is 0.524. The molecule has 4 N–H and O–H groups in total. The van der Waals surface area contributed by atoms with Crippen molar-refractivity contribution < 1.29 is 23.3 Å². The first-order chi connectivity index (χ1) is 15.3. The number of aliphatic hydroxyl groups is 1. The average molecular weight is 466 g/mol. The standard InChI is InChI=1S/C21H28FN5O4S/c1-23-9-19(29)25-17(11-28)21(30)26-6-5-18-20(26)15(10-27(18)32(2)31)14-8-24-16-7-12(22)3-4-13(14)16/h3-4,7-8,15,17-18,20,23-24,28H,5-6,9-11H2,1-2H3,(H,25,29)/t15-,17?,18?,20?,32?/m1/s1. The highest BCUT2D eigenvalue weighted by Gasteiger charge is 2.53. The summed E-state index contributed by atoms with van der Waals surface area (Å²) in [5, 5.41) is 15.9. The van der Waals surface area contributed by atoms with E-state index in [0.29, 0.717) is 25.0 Å². The van der Waals surface area contributed by atoms with E-state index >= 15 is 0 Å². The monoisotopic (exact) mass is 465 g/mol. The Morgan fingerprint density at radius 3 is 2.88 bits per heavy atom. The molecular formula is C21H28FN5O4S. The molecule has 2 fully saturated rings. The number of nitrogens with one attached hydrogen (secondary N) is 3. The van der Waals surface area contributed by atoms with Crippen molar-refractivity contribution in [1.82, 2.24) is 24.8 Å². The van der Waals surface area contributed by atoms with Gasteiger partial charge in [-0.05, 0) is 37.2 Å². The van der Waals surface area contributed by atoms with Crippen LogP contribution >= 0.6 is 0 Å². The summed E-state index contributed by atoms with van der Waals surface area (Å²) in [5.74, 6) is -1.23. The number of aromatic nitrogens is 1. The minimum absolute atomic E-state index is 0.0347. The van der Waals surface area contributed by atoms with Gasteiger partial charge in [-0.15, -0.1) is 0 Å². The largest absolute Gasteiger partial charge is 0.394 e. The maximum absolute atomic E-state index is 13.7. The second kappa shape index (κ2) is 9.26. The van der Waals surface area contributed by atoms with Gasteiger partial charge in [0.2, 0.25) is 11.8 Å². The number of carbonyl (C=O) groups excluding carboxylic acids is 2. The van der Waals surface area contributed by atoms with Crippen molar-refractivity contribution >= 4 is 33.7 Å². The number of amides is 2. The van der Waals surface area contributed by atoms with Gasteiger partial charge in [0.25, 0.3) is 0 Å². The minimum Gasteiger partial charge on any atom is -0.394 e. The highest BCUT2D eigenvalue weighted by atomic mass is 32.2. The average Bonchev–Trinajstić information content (AvgIpc) is 3.45. The summed E-state index contributed by atoms with van der Waals surface area (Å²) in [6.07, 6.45) is 4.10. The molecule has 0 bridgehead atoms. The normalized spacial score (nSPS) is 25.1. The summed E-state index contributed by atoms with van der Waals surface area (Å²) in [5.41, 5.74) is 1.60. The van der Waals surface area contributed by atoms with Gasteiger partial charge in [0, 0.05) is 48.4 Å². The number of aromatic amines is 1. The molecule has 0 aliphatic carbocycles. The number of likely N-dealkylation sites (tertiary alicyclic amines) is 1. The molecule has 2 aromatic rings. The fourth-order valence-electron chi connectivity index (χ4n) is 5.09. The number of hydrogen-bond acceptors (Lipinski definition) is 5. The molecular weight excluding hydrogens is 437 g/mol. The summed E-state index contributed by atoms with van der Waals surface area (Å²) in [4.78, 5) is 30.1. The molecule has 2 amide bonds. The molecule has 4 rings (SSSR count). The van der Waals surface area contributed by atoms with Crippen molar-refractivity contribution in [3.63, 3.8) is 0 Å². The lowest BCUT2D eigenvalue weighted by molar-refractivity contribution is -0.138. The molecule has 11 heteroatoms. The van der Waals surface area contributed by atoms with Crippen molar-refractivity contribution in [2.75, 3.05) is 39.5 Å². The first-order valence-electron chi connectivity index (χ1n) is 10.6. The second-order valence-electron chi connectivity index (χ2n) is 8.28. The topological polar surface area (TPSA) is 118 Å². The van der Waals surface area contributed by atoms with Gasteiger partial charge in [-0.25, -0.2) is 12.9 Å². The molecule has 2 aliphatic heterocycles. The molecule has 1 aromatic heterocycles. The van der Waals surface area contributed by atoms with Crippen LogP contribution in [0.4, 0.5) is 4.39 Å². The van der Waals surface area contributed by atoms with E-state index in [4.69, 9.17) is 0 Å². The quantitative estimate of drug-likeness (QED) is 0.447. The summed E-state index contributed by atoms with van der Waals surface area (Å²) in [7, 11) is 0.395. The van der Waals surface area contributed by atoms with E-state index in [-0.39, 0.29) is 42.2 Å². The van der Waals surface area contributed by atoms with Crippen LogP contribution in [0.5, 0.6) is 0 Å². The Morgan fingerprint density at radius 2 is 2.19 bits per heavy atom. The third-order valence-corrected chi connectivity index (χ3v) is 7.50. The number of carbonyl (C=O) groups is 2. The van der Waals surface area contributed by atoms with Crippen LogP contribution in [-0.2, 0) is 20.6 Å². The fourth-order valence-corrected chi connectivity index (χ4v) is 6.07. The minimum atomic E-state index is -1.23. The zero-order chi connectivity index (χ0) is 23.0. The summed E-state index contributed by atoms with van der Waals surface area (Å²) in [6, 6.07) is 3.12. The van der Waals surface area contributed by atoms with E-state index in [1.165, 1.54) is 12.1 Å². The zero-order valence-corrected chi connectivity index (χ0v) is 18.8. The molecule has 0 spiro atoms. The first-order valence-corrected chi connectivity index (χ1v) is 12.1. The summed E-state index contributed by atoms with van der Waals surface area (Å²) < 4.78 is 28.0. The maximum Gasteiger partial charge on any atom is 0.247 e. The van der Waals surface area contributed by atoms with Crippen LogP contribution in [0.25, 0.3) is 10.9 Å². The third kappa shape index (κ3) is 4.05. The van der Waals surface area contributed by atoms with Crippen LogP contribution in [-0.4, -0.2) is 93.0 Å².